The molecule has 1 aliphatic rings. The number of aromatic nitrogens is 1. The van der Waals surface area contributed by atoms with Gasteiger partial charge in [0.15, 0.2) is 0 Å². The Bertz CT molecular complexity index is 409. The lowest BCUT2D eigenvalue weighted by molar-refractivity contribution is 0.169. The van der Waals surface area contributed by atoms with Crippen molar-refractivity contribution < 1.29 is 0 Å². The number of pyridine rings is 1. The zero-order valence-electron chi connectivity index (χ0n) is 13.3. The first kappa shape index (κ1) is 15.3. The summed E-state index contributed by atoms with van der Waals surface area (Å²) < 4.78 is 0. The summed E-state index contributed by atoms with van der Waals surface area (Å²) in [6, 6.07) is 7.51. The predicted octanol–water partition coefficient (Wildman–Crippen LogP) is 2.11. The minimum absolute atomic E-state index is 0.572. The number of hydrogen-bond acceptors (Lipinski definition) is 4. The van der Waals surface area contributed by atoms with Crippen molar-refractivity contribution in [3.8, 4) is 0 Å². The monoisotopic (exact) mass is 276 g/mol. The Balaban J connectivity index is 2.03. The van der Waals surface area contributed by atoms with Gasteiger partial charge in [-0.15, -0.1) is 0 Å². The molecule has 0 spiro atoms. The third kappa shape index (κ3) is 3.70. The lowest BCUT2D eigenvalue weighted by Crippen LogP contribution is -2.55. The second-order valence-corrected chi connectivity index (χ2v) is 5.93. The maximum absolute atomic E-state index is 4.81. The van der Waals surface area contributed by atoms with Gasteiger partial charge in [0.2, 0.25) is 0 Å². The number of nitrogens with zero attached hydrogens (tertiary/aromatic N) is 3. The summed E-state index contributed by atoms with van der Waals surface area (Å²) in [6.45, 7) is 10.8. The van der Waals surface area contributed by atoms with E-state index in [4.69, 9.17) is 4.98 Å². The summed E-state index contributed by atoms with van der Waals surface area (Å²) in [4.78, 5) is 9.67. The van der Waals surface area contributed by atoms with Crippen LogP contribution in [0.4, 0.5) is 5.82 Å². The van der Waals surface area contributed by atoms with Crippen LogP contribution in [-0.2, 0) is 6.54 Å². The third-order valence-electron chi connectivity index (χ3n) is 4.21. The fraction of sp³-hybridized carbons (Fsp3) is 0.688. The molecule has 0 bridgehead atoms. The Morgan fingerprint density at radius 1 is 1.25 bits per heavy atom. The molecule has 2 heterocycles. The van der Waals surface area contributed by atoms with E-state index in [0.29, 0.717) is 12.1 Å². The van der Waals surface area contributed by atoms with E-state index in [2.05, 4.69) is 61.1 Å². The van der Waals surface area contributed by atoms with Gasteiger partial charge in [-0.05, 0) is 46.0 Å². The molecule has 4 heteroatoms. The topological polar surface area (TPSA) is 31.4 Å². The van der Waals surface area contributed by atoms with Gasteiger partial charge < -0.3 is 10.2 Å². The molecular weight excluding hydrogens is 248 g/mol. The fourth-order valence-corrected chi connectivity index (χ4v) is 2.73. The summed E-state index contributed by atoms with van der Waals surface area (Å²) in [6.07, 6.45) is 1.16. The first-order chi connectivity index (χ1) is 9.61. The minimum Gasteiger partial charge on any atom is -0.353 e. The van der Waals surface area contributed by atoms with Crippen LogP contribution in [0, 0.1) is 0 Å². The van der Waals surface area contributed by atoms with Gasteiger partial charge in [-0.3, -0.25) is 4.90 Å². The molecule has 0 saturated carbocycles. The van der Waals surface area contributed by atoms with Gasteiger partial charge in [-0.1, -0.05) is 13.0 Å². The molecule has 1 saturated heterocycles. The van der Waals surface area contributed by atoms with Crippen LogP contribution in [0.2, 0.25) is 0 Å². The quantitative estimate of drug-likeness (QED) is 0.835. The van der Waals surface area contributed by atoms with Gasteiger partial charge >= 0.3 is 0 Å². The summed E-state index contributed by atoms with van der Waals surface area (Å²) >= 11 is 0. The van der Waals surface area contributed by atoms with E-state index in [1.807, 2.05) is 0 Å². The summed E-state index contributed by atoms with van der Waals surface area (Å²) in [5, 5.41) is 3.42. The van der Waals surface area contributed by atoms with E-state index in [0.717, 1.165) is 44.1 Å². The van der Waals surface area contributed by atoms with Crippen LogP contribution in [0.25, 0.3) is 0 Å². The molecule has 0 amide bonds. The Morgan fingerprint density at radius 2 is 1.95 bits per heavy atom. The average molecular weight is 276 g/mol. The molecule has 20 heavy (non-hydrogen) atoms. The van der Waals surface area contributed by atoms with E-state index in [9.17, 15) is 0 Å². The second kappa shape index (κ2) is 7.04. The van der Waals surface area contributed by atoms with Crippen molar-refractivity contribution in [3.05, 3.63) is 23.9 Å². The molecule has 0 aromatic carbocycles. The van der Waals surface area contributed by atoms with Crippen molar-refractivity contribution in [2.75, 3.05) is 31.6 Å². The van der Waals surface area contributed by atoms with Crippen LogP contribution in [0.5, 0.6) is 0 Å². The van der Waals surface area contributed by atoms with Crippen molar-refractivity contribution in [1.29, 1.82) is 0 Å². The SMILES string of the molecule is CCCNCc1cccc(N2CC(C)N(C)C(C)C2)n1. The average Bonchev–Trinajstić information content (AvgIpc) is 2.45. The maximum Gasteiger partial charge on any atom is 0.128 e. The highest BCUT2D eigenvalue weighted by Crippen LogP contribution is 2.19. The lowest BCUT2D eigenvalue weighted by Gasteiger charge is -2.43. The van der Waals surface area contributed by atoms with E-state index in [-0.39, 0.29) is 0 Å². The van der Waals surface area contributed by atoms with Crippen molar-refractivity contribution in [1.82, 2.24) is 15.2 Å². The molecule has 112 valence electrons. The van der Waals surface area contributed by atoms with Gasteiger partial charge in [-0.2, -0.15) is 0 Å². The molecule has 0 radical (unpaired) electrons. The van der Waals surface area contributed by atoms with E-state index in [1.165, 1.54) is 0 Å². The van der Waals surface area contributed by atoms with Gasteiger partial charge in [-0.25, -0.2) is 4.98 Å². The first-order valence-corrected chi connectivity index (χ1v) is 7.75. The first-order valence-electron chi connectivity index (χ1n) is 7.75. The number of piperazine rings is 1. The highest BCUT2D eigenvalue weighted by Gasteiger charge is 2.27. The summed E-state index contributed by atoms with van der Waals surface area (Å²) in [5.74, 6) is 1.12. The highest BCUT2D eigenvalue weighted by molar-refractivity contribution is 5.40. The van der Waals surface area contributed by atoms with Crippen LogP contribution in [-0.4, -0.2) is 48.6 Å². The minimum atomic E-state index is 0.572. The van der Waals surface area contributed by atoms with E-state index in [1.54, 1.807) is 0 Å². The molecule has 2 rings (SSSR count). The molecule has 1 aromatic heterocycles. The molecule has 0 aliphatic carbocycles. The largest absolute Gasteiger partial charge is 0.353 e. The lowest BCUT2D eigenvalue weighted by atomic mass is 10.1. The second-order valence-electron chi connectivity index (χ2n) is 5.93. The Labute approximate surface area is 123 Å². The zero-order chi connectivity index (χ0) is 14.5. The Hall–Kier alpha value is -1.13. The fourth-order valence-electron chi connectivity index (χ4n) is 2.73. The summed E-state index contributed by atoms with van der Waals surface area (Å²) in [5.41, 5.74) is 1.13. The van der Waals surface area contributed by atoms with E-state index >= 15 is 0 Å². The van der Waals surface area contributed by atoms with Crippen LogP contribution in [0.1, 0.15) is 32.9 Å². The van der Waals surface area contributed by atoms with Gasteiger partial charge in [0, 0.05) is 31.7 Å². The normalized spacial score (nSPS) is 24.1. The van der Waals surface area contributed by atoms with Crippen LogP contribution >= 0.6 is 0 Å². The molecule has 4 nitrogen and oxygen atoms in total. The number of hydrogen-bond donors (Lipinski definition) is 1. The molecule has 1 aromatic rings. The predicted molar refractivity (Wildman–Crippen MR) is 85.1 cm³/mol. The standard InChI is InChI=1S/C16H28N4/c1-5-9-17-10-15-7-6-8-16(18-15)20-11-13(2)19(4)14(3)12-20/h6-8,13-14,17H,5,9-12H2,1-4H3. The van der Waals surface area contributed by atoms with Crippen molar-refractivity contribution >= 4 is 5.82 Å². The molecule has 1 fully saturated rings. The number of anilines is 1. The van der Waals surface area contributed by atoms with Crippen molar-refractivity contribution in [2.24, 2.45) is 0 Å². The highest BCUT2D eigenvalue weighted by atomic mass is 15.3. The van der Waals surface area contributed by atoms with Gasteiger partial charge in [0.05, 0.1) is 5.69 Å². The number of nitrogens with one attached hydrogen (secondary N) is 1. The van der Waals surface area contributed by atoms with Crippen molar-refractivity contribution in [2.45, 2.75) is 45.8 Å². The van der Waals surface area contributed by atoms with E-state index < -0.39 is 0 Å². The van der Waals surface area contributed by atoms with Crippen molar-refractivity contribution in [3.63, 3.8) is 0 Å². The number of likely N-dealkylation sites (N-methyl/N-ethyl adjacent to an activating group) is 1. The maximum atomic E-state index is 4.81. The third-order valence-corrected chi connectivity index (χ3v) is 4.21. The molecule has 2 unspecified atom stereocenters. The molecule has 2 atom stereocenters. The Morgan fingerprint density at radius 3 is 2.60 bits per heavy atom. The zero-order valence-corrected chi connectivity index (χ0v) is 13.3. The molecular formula is C16H28N4. The Kier molecular flexibility index (Phi) is 5.38. The van der Waals surface area contributed by atoms with Gasteiger partial charge in [0.25, 0.3) is 0 Å². The van der Waals surface area contributed by atoms with Gasteiger partial charge in [0.1, 0.15) is 5.82 Å². The van der Waals surface area contributed by atoms with Crippen LogP contribution in [0.3, 0.4) is 0 Å². The smallest absolute Gasteiger partial charge is 0.128 e. The van der Waals surface area contributed by atoms with Crippen LogP contribution < -0.4 is 10.2 Å². The van der Waals surface area contributed by atoms with Crippen LogP contribution in [0.15, 0.2) is 18.2 Å². The number of rotatable bonds is 5. The summed E-state index contributed by atoms with van der Waals surface area (Å²) in [7, 11) is 2.21. The molecule has 1 aliphatic heterocycles. The molecule has 1 N–H and O–H groups in total.